The lowest BCUT2D eigenvalue weighted by Gasteiger charge is -2.11. The van der Waals surface area contributed by atoms with Crippen molar-refractivity contribution in [3.63, 3.8) is 0 Å². The summed E-state index contributed by atoms with van der Waals surface area (Å²) >= 11 is 1.14. The molecule has 0 unspecified atom stereocenters. The van der Waals surface area contributed by atoms with E-state index in [1.807, 2.05) is 24.3 Å². The number of nitrogens with one attached hydrogen (secondary N) is 2. The van der Waals surface area contributed by atoms with E-state index in [0.717, 1.165) is 41.2 Å². The molecule has 5 aromatic rings. The normalized spacial score (nSPS) is 11.1. The molecule has 3 N–H and O–H groups in total. The van der Waals surface area contributed by atoms with E-state index >= 15 is 0 Å². The first-order valence-corrected chi connectivity index (χ1v) is 13.5. The number of methoxy groups -OCH3 is 2. The van der Waals surface area contributed by atoms with Crippen LogP contribution in [-0.4, -0.2) is 51.2 Å². The minimum atomic E-state index is -1.08. The molecule has 10 nitrogen and oxygen atoms in total. The minimum Gasteiger partial charge on any atom is -0.493 e. The van der Waals surface area contributed by atoms with Crippen LogP contribution >= 0.6 is 11.7 Å². The van der Waals surface area contributed by atoms with Gasteiger partial charge in [-0.05, 0) is 60.0 Å². The zero-order valence-corrected chi connectivity index (χ0v) is 23.2. The summed E-state index contributed by atoms with van der Waals surface area (Å²) in [5.74, 6) is -0.0735. The Labute approximate surface area is 234 Å². The van der Waals surface area contributed by atoms with Gasteiger partial charge < -0.3 is 29.8 Å². The maximum atomic E-state index is 12.9. The number of anilines is 1. The molecule has 0 saturated heterocycles. The van der Waals surface area contributed by atoms with Gasteiger partial charge in [0.1, 0.15) is 16.7 Å². The highest BCUT2D eigenvalue weighted by molar-refractivity contribution is 7.00. The van der Waals surface area contributed by atoms with Crippen molar-refractivity contribution < 1.29 is 24.2 Å². The molecule has 2 amide bonds. The summed E-state index contributed by atoms with van der Waals surface area (Å²) in [4.78, 5) is 25.3. The number of fused-ring (bicyclic) bond motifs is 2. The van der Waals surface area contributed by atoms with Crippen molar-refractivity contribution in [3.8, 4) is 22.6 Å². The van der Waals surface area contributed by atoms with E-state index in [9.17, 15) is 14.7 Å². The van der Waals surface area contributed by atoms with Crippen molar-refractivity contribution in [3.05, 3.63) is 65.9 Å². The quantitative estimate of drug-likeness (QED) is 0.179. The average molecular weight is 560 g/mol. The van der Waals surface area contributed by atoms with Crippen molar-refractivity contribution in [2.24, 2.45) is 0 Å². The number of hydrogen-bond acceptors (Lipinski definition) is 7. The van der Waals surface area contributed by atoms with Gasteiger partial charge in [0, 0.05) is 35.2 Å². The summed E-state index contributed by atoms with van der Waals surface area (Å²) in [5, 5.41) is 16.9. The van der Waals surface area contributed by atoms with Gasteiger partial charge in [-0.3, -0.25) is 0 Å². The van der Waals surface area contributed by atoms with Crippen LogP contribution in [-0.2, 0) is 6.54 Å². The number of amides is 2. The summed E-state index contributed by atoms with van der Waals surface area (Å²) in [5.41, 5.74) is 4.96. The van der Waals surface area contributed by atoms with E-state index in [1.54, 1.807) is 42.0 Å². The van der Waals surface area contributed by atoms with Crippen LogP contribution in [0, 0.1) is 0 Å². The number of carboxylic acid groups (broad SMARTS) is 1. The first-order valence-electron chi connectivity index (χ1n) is 12.8. The van der Waals surface area contributed by atoms with Gasteiger partial charge in [0.15, 0.2) is 11.5 Å². The Hall–Kier alpha value is -4.64. The van der Waals surface area contributed by atoms with Crippen molar-refractivity contribution in [2.45, 2.75) is 26.3 Å². The van der Waals surface area contributed by atoms with Crippen LogP contribution in [0.1, 0.15) is 35.8 Å². The lowest BCUT2D eigenvalue weighted by molar-refractivity contribution is 0.0687. The maximum absolute atomic E-state index is 12.9. The van der Waals surface area contributed by atoms with Gasteiger partial charge in [0.05, 0.1) is 25.9 Å². The summed E-state index contributed by atoms with van der Waals surface area (Å²) in [6, 6.07) is 16.1. The molecule has 0 aliphatic carbocycles. The number of carboxylic acids is 1. The summed E-state index contributed by atoms with van der Waals surface area (Å²) in [7, 11) is 3.08. The molecule has 40 heavy (non-hydrogen) atoms. The fraction of sp³-hybridized carbons (Fsp3) is 0.241. The molecule has 0 bridgehead atoms. The Morgan fingerprint density at radius 2 is 1.77 bits per heavy atom. The summed E-state index contributed by atoms with van der Waals surface area (Å²) in [6.45, 7) is 2.92. The zero-order valence-electron chi connectivity index (χ0n) is 22.4. The third-order valence-corrected chi connectivity index (χ3v) is 7.23. The number of urea groups is 1. The Morgan fingerprint density at radius 3 is 2.52 bits per heavy atom. The molecule has 11 heteroatoms. The number of aromatic nitrogens is 3. The van der Waals surface area contributed by atoms with Crippen molar-refractivity contribution in [2.75, 3.05) is 26.1 Å². The molecular formula is C29H29N5O5S. The number of ether oxygens (including phenoxy) is 2. The molecule has 3 aromatic carbocycles. The molecule has 0 radical (unpaired) electrons. The lowest BCUT2D eigenvalue weighted by Crippen LogP contribution is -2.29. The molecule has 206 valence electrons. The van der Waals surface area contributed by atoms with E-state index in [4.69, 9.17) is 9.47 Å². The summed E-state index contributed by atoms with van der Waals surface area (Å²) < 4.78 is 21.3. The molecular weight excluding hydrogens is 530 g/mol. The SMILES string of the molecule is CCCCNC(=O)Nc1ccc2c(c1)c(-c1ccc(OC)c(OC)c1)c(C(=O)O)n2Cc1ccc2nsnc2c1. The highest BCUT2D eigenvalue weighted by Gasteiger charge is 2.25. The Balaban J connectivity index is 1.67. The van der Waals surface area contributed by atoms with Gasteiger partial charge in [-0.2, -0.15) is 8.75 Å². The van der Waals surface area contributed by atoms with Crippen LogP contribution in [0.15, 0.2) is 54.6 Å². The second-order valence-corrected chi connectivity index (χ2v) is 9.77. The predicted octanol–water partition coefficient (Wildman–Crippen LogP) is 6.00. The van der Waals surface area contributed by atoms with Crippen LogP contribution in [0.2, 0.25) is 0 Å². The van der Waals surface area contributed by atoms with E-state index in [2.05, 4.69) is 26.3 Å². The molecule has 0 aliphatic heterocycles. The van der Waals surface area contributed by atoms with E-state index < -0.39 is 5.97 Å². The largest absolute Gasteiger partial charge is 0.493 e. The van der Waals surface area contributed by atoms with Crippen LogP contribution in [0.3, 0.4) is 0 Å². The highest BCUT2D eigenvalue weighted by atomic mass is 32.1. The first kappa shape index (κ1) is 26.9. The van der Waals surface area contributed by atoms with E-state index in [-0.39, 0.29) is 11.7 Å². The van der Waals surface area contributed by atoms with Gasteiger partial charge in [-0.1, -0.05) is 25.5 Å². The number of unbranched alkanes of at least 4 members (excludes halogenated alkanes) is 1. The van der Waals surface area contributed by atoms with Crippen LogP contribution in [0.4, 0.5) is 10.5 Å². The number of carbonyl (C=O) groups excluding carboxylic acids is 1. The smallest absolute Gasteiger partial charge is 0.353 e. The number of hydrogen-bond donors (Lipinski definition) is 3. The predicted molar refractivity (Wildman–Crippen MR) is 156 cm³/mol. The fourth-order valence-electron chi connectivity index (χ4n) is 4.77. The Kier molecular flexibility index (Phi) is 7.83. The fourth-order valence-corrected chi connectivity index (χ4v) is 5.28. The molecule has 2 heterocycles. The van der Waals surface area contributed by atoms with Gasteiger partial charge in [-0.25, -0.2) is 9.59 Å². The second-order valence-electron chi connectivity index (χ2n) is 9.24. The standard InChI is InChI=1S/C29H29N5O5S/c1-4-5-12-30-29(37)31-19-8-10-23-20(15-19)26(18-7-11-24(38-2)25(14-18)39-3)27(28(35)36)34(23)16-17-6-9-21-22(13-17)33-40-32-21/h6-11,13-15H,4-5,12,16H2,1-3H3,(H,35,36)(H2,30,31,37). The van der Waals surface area contributed by atoms with Gasteiger partial charge in [0.2, 0.25) is 0 Å². The second kappa shape index (κ2) is 11.6. The third kappa shape index (κ3) is 5.28. The van der Waals surface area contributed by atoms with Crippen LogP contribution < -0.4 is 20.1 Å². The maximum Gasteiger partial charge on any atom is 0.353 e. The molecule has 0 aliphatic rings. The summed E-state index contributed by atoms with van der Waals surface area (Å²) in [6.07, 6.45) is 1.85. The van der Waals surface area contributed by atoms with Gasteiger partial charge >= 0.3 is 12.0 Å². The van der Waals surface area contributed by atoms with Gasteiger partial charge in [0.25, 0.3) is 0 Å². The molecule has 0 saturated carbocycles. The average Bonchev–Trinajstić information content (AvgIpc) is 3.55. The number of carbonyl (C=O) groups is 2. The number of aromatic carboxylic acids is 1. The number of nitrogens with zero attached hydrogens (tertiary/aromatic N) is 3. The van der Waals surface area contributed by atoms with Crippen LogP contribution in [0.5, 0.6) is 11.5 Å². The molecule has 0 fully saturated rings. The van der Waals surface area contributed by atoms with Crippen LogP contribution in [0.25, 0.3) is 33.1 Å². The Bertz CT molecular complexity index is 1710. The van der Waals surface area contributed by atoms with E-state index in [0.29, 0.717) is 52.3 Å². The first-order chi connectivity index (χ1) is 19.4. The Morgan fingerprint density at radius 1 is 0.975 bits per heavy atom. The minimum absolute atomic E-state index is 0.114. The monoisotopic (exact) mass is 559 g/mol. The third-order valence-electron chi connectivity index (χ3n) is 6.67. The number of rotatable bonds is 10. The zero-order chi connectivity index (χ0) is 28.2. The van der Waals surface area contributed by atoms with Crippen molar-refractivity contribution in [1.29, 1.82) is 0 Å². The molecule has 5 rings (SSSR count). The molecule has 0 spiro atoms. The number of benzene rings is 3. The van der Waals surface area contributed by atoms with Crippen molar-refractivity contribution >= 4 is 51.4 Å². The lowest BCUT2D eigenvalue weighted by atomic mass is 10.0. The topological polar surface area (TPSA) is 128 Å². The highest BCUT2D eigenvalue weighted by Crippen LogP contribution is 2.40. The van der Waals surface area contributed by atoms with Crippen molar-refractivity contribution in [1.82, 2.24) is 18.6 Å². The molecule has 2 aromatic heterocycles. The molecule has 0 atom stereocenters. The van der Waals surface area contributed by atoms with Gasteiger partial charge in [-0.15, -0.1) is 0 Å². The van der Waals surface area contributed by atoms with E-state index in [1.165, 1.54) is 7.11 Å².